The SMILES string of the molecule is CCNC(CC)c1ccc2c(c1)C(=O)NCC2. The molecule has 92 valence electrons. The standard InChI is InChI=1S/C14H20N2O/c1-3-13(15-4-2)11-6-5-10-7-8-16-14(17)12(10)9-11/h5-6,9,13,15H,3-4,7-8H2,1-2H3,(H,16,17). The van der Waals surface area contributed by atoms with E-state index < -0.39 is 0 Å². The minimum atomic E-state index is 0.0689. The Morgan fingerprint density at radius 2 is 2.24 bits per heavy atom. The molecule has 1 amide bonds. The van der Waals surface area contributed by atoms with Crippen LogP contribution in [0.15, 0.2) is 18.2 Å². The summed E-state index contributed by atoms with van der Waals surface area (Å²) in [5.41, 5.74) is 3.24. The molecule has 2 N–H and O–H groups in total. The van der Waals surface area contributed by atoms with Crippen LogP contribution in [0.4, 0.5) is 0 Å². The van der Waals surface area contributed by atoms with E-state index in [1.54, 1.807) is 0 Å². The maximum absolute atomic E-state index is 11.8. The number of carbonyl (C=O) groups excluding carboxylic acids is 1. The lowest BCUT2D eigenvalue weighted by Gasteiger charge is -2.21. The first kappa shape index (κ1) is 12.1. The number of nitrogens with one attached hydrogen (secondary N) is 2. The highest BCUT2D eigenvalue weighted by atomic mass is 16.1. The van der Waals surface area contributed by atoms with Crippen molar-refractivity contribution in [3.8, 4) is 0 Å². The van der Waals surface area contributed by atoms with E-state index in [4.69, 9.17) is 0 Å². The lowest BCUT2D eigenvalue weighted by molar-refractivity contribution is 0.0946. The summed E-state index contributed by atoms with van der Waals surface area (Å²) >= 11 is 0. The van der Waals surface area contributed by atoms with Crippen molar-refractivity contribution < 1.29 is 4.79 Å². The third kappa shape index (κ3) is 2.50. The Balaban J connectivity index is 2.31. The normalized spacial score (nSPS) is 16.2. The quantitative estimate of drug-likeness (QED) is 0.834. The second kappa shape index (κ2) is 5.32. The molecule has 0 aromatic heterocycles. The molecule has 3 heteroatoms. The fourth-order valence-electron chi connectivity index (χ4n) is 2.39. The predicted octanol–water partition coefficient (Wildman–Crippen LogP) is 2.03. The molecular formula is C14H20N2O. The zero-order chi connectivity index (χ0) is 12.3. The third-order valence-electron chi connectivity index (χ3n) is 3.32. The highest BCUT2D eigenvalue weighted by Crippen LogP contribution is 2.22. The number of hydrogen-bond donors (Lipinski definition) is 2. The minimum absolute atomic E-state index is 0.0689. The molecule has 1 aliphatic heterocycles. The molecule has 1 atom stereocenters. The van der Waals surface area contributed by atoms with E-state index in [9.17, 15) is 4.79 Å². The molecule has 3 nitrogen and oxygen atoms in total. The lowest BCUT2D eigenvalue weighted by Crippen LogP contribution is -2.32. The Bertz CT molecular complexity index is 415. The van der Waals surface area contributed by atoms with Gasteiger partial charge in [-0.2, -0.15) is 0 Å². The van der Waals surface area contributed by atoms with Gasteiger partial charge < -0.3 is 10.6 Å². The topological polar surface area (TPSA) is 41.1 Å². The van der Waals surface area contributed by atoms with Crippen molar-refractivity contribution in [3.05, 3.63) is 34.9 Å². The molecule has 2 rings (SSSR count). The Morgan fingerprint density at radius 3 is 2.94 bits per heavy atom. The van der Waals surface area contributed by atoms with Crippen molar-refractivity contribution >= 4 is 5.91 Å². The smallest absolute Gasteiger partial charge is 0.251 e. The zero-order valence-electron chi connectivity index (χ0n) is 10.5. The number of carbonyl (C=O) groups is 1. The van der Waals surface area contributed by atoms with Crippen molar-refractivity contribution in [3.63, 3.8) is 0 Å². The van der Waals surface area contributed by atoms with Crippen LogP contribution in [0.1, 0.15) is 47.8 Å². The predicted molar refractivity (Wildman–Crippen MR) is 69.2 cm³/mol. The monoisotopic (exact) mass is 232 g/mol. The summed E-state index contributed by atoms with van der Waals surface area (Å²) < 4.78 is 0. The molecule has 1 unspecified atom stereocenters. The van der Waals surface area contributed by atoms with E-state index in [1.165, 1.54) is 11.1 Å². The summed E-state index contributed by atoms with van der Waals surface area (Å²) in [6.07, 6.45) is 1.98. The van der Waals surface area contributed by atoms with E-state index >= 15 is 0 Å². The molecular weight excluding hydrogens is 212 g/mol. The first-order valence-corrected chi connectivity index (χ1v) is 6.40. The van der Waals surface area contributed by atoms with Crippen molar-refractivity contribution in [2.45, 2.75) is 32.7 Å². The number of rotatable bonds is 4. The van der Waals surface area contributed by atoms with Crippen LogP contribution < -0.4 is 10.6 Å². The third-order valence-corrected chi connectivity index (χ3v) is 3.32. The summed E-state index contributed by atoms with van der Waals surface area (Å²) in [6.45, 7) is 5.97. The zero-order valence-corrected chi connectivity index (χ0v) is 10.5. The van der Waals surface area contributed by atoms with E-state index in [1.807, 2.05) is 6.07 Å². The van der Waals surface area contributed by atoms with Crippen molar-refractivity contribution in [1.82, 2.24) is 10.6 Å². The minimum Gasteiger partial charge on any atom is -0.352 e. The molecule has 1 aromatic rings. The van der Waals surface area contributed by atoms with Crippen LogP contribution in [0.2, 0.25) is 0 Å². The highest BCUT2D eigenvalue weighted by Gasteiger charge is 2.18. The van der Waals surface area contributed by atoms with Gasteiger partial charge in [-0.25, -0.2) is 0 Å². The summed E-state index contributed by atoms with van der Waals surface area (Å²) in [6, 6.07) is 6.64. The molecule has 0 radical (unpaired) electrons. The van der Waals surface area contributed by atoms with Gasteiger partial charge in [0, 0.05) is 18.2 Å². The maximum Gasteiger partial charge on any atom is 0.251 e. The van der Waals surface area contributed by atoms with Gasteiger partial charge >= 0.3 is 0 Å². The van der Waals surface area contributed by atoms with Crippen LogP contribution in [0.5, 0.6) is 0 Å². The molecule has 17 heavy (non-hydrogen) atoms. The summed E-state index contributed by atoms with van der Waals surface area (Å²) in [5.74, 6) is 0.0689. The number of fused-ring (bicyclic) bond motifs is 1. The van der Waals surface area contributed by atoms with E-state index in [0.29, 0.717) is 6.04 Å². The van der Waals surface area contributed by atoms with Gasteiger partial charge in [-0.3, -0.25) is 4.79 Å². The van der Waals surface area contributed by atoms with E-state index in [-0.39, 0.29) is 5.91 Å². The van der Waals surface area contributed by atoms with Gasteiger partial charge in [-0.05, 0) is 36.6 Å². The molecule has 0 aliphatic carbocycles. The molecule has 0 spiro atoms. The van der Waals surface area contributed by atoms with Crippen molar-refractivity contribution in [1.29, 1.82) is 0 Å². The van der Waals surface area contributed by atoms with Gasteiger partial charge in [0.1, 0.15) is 0 Å². The van der Waals surface area contributed by atoms with Gasteiger partial charge in [0.2, 0.25) is 0 Å². The average Bonchev–Trinajstić information content (AvgIpc) is 2.36. The Kier molecular flexibility index (Phi) is 3.79. The number of hydrogen-bond acceptors (Lipinski definition) is 2. The molecule has 1 heterocycles. The lowest BCUT2D eigenvalue weighted by atomic mass is 9.94. The van der Waals surface area contributed by atoms with Crippen LogP contribution in [-0.4, -0.2) is 19.0 Å². The highest BCUT2D eigenvalue weighted by molar-refractivity contribution is 5.96. The second-order valence-electron chi connectivity index (χ2n) is 4.44. The van der Waals surface area contributed by atoms with Crippen LogP contribution in [0.25, 0.3) is 0 Å². The van der Waals surface area contributed by atoms with Gasteiger partial charge in [0.25, 0.3) is 5.91 Å². The average molecular weight is 232 g/mol. The molecule has 0 saturated carbocycles. The van der Waals surface area contributed by atoms with Crippen molar-refractivity contribution in [2.75, 3.05) is 13.1 Å². The van der Waals surface area contributed by atoms with Gasteiger partial charge in [0.05, 0.1) is 0 Å². The Hall–Kier alpha value is -1.35. The maximum atomic E-state index is 11.8. The molecule has 0 saturated heterocycles. The Morgan fingerprint density at radius 1 is 1.41 bits per heavy atom. The molecule has 0 bridgehead atoms. The first-order chi connectivity index (χ1) is 8.26. The fourth-order valence-corrected chi connectivity index (χ4v) is 2.39. The molecule has 1 aromatic carbocycles. The van der Waals surface area contributed by atoms with Gasteiger partial charge in [-0.1, -0.05) is 26.0 Å². The van der Waals surface area contributed by atoms with Crippen LogP contribution in [0.3, 0.4) is 0 Å². The summed E-state index contributed by atoms with van der Waals surface area (Å²) in [4.78, 5) is 11.8. The largest absolute Gasteiger partial charge is 0.352 e. The van der Waals surface area contributed by atoms with Gasteiger partial charge in [-0.15, -0.1) is 0 Å². The Labute approximate surface area is 103 Å². The van der Waals surface area contributed by atoms with Crippen LogP contribution >= 0.6 is 0 Å². The number of amides is 1. The van der Waals surface area contributed by atoms with E-state index in [0.717, 1.165) is 31.5 Å². The molecule has 0 fully saturated rings. The van der Waals surface area contributed by atoms with E-state index in [2.05, 4.69) is 36.6 Å². The van der Waals surface area contributed by atoms with Crippen LogP contribution in [-0.2, 0) is 6.42 Å². The van der Waals surface area contributed by atoms with Crippen molar-refractivity contribution in [2.24, 2.45) is 0 Å². The van der Waals surface area contributed by atoms with Crippen LogP contribution in [0, 0.1) is 0 Å². The number of benzene rings is 1. The molecule has 1 aliphatic rings. The summed E-state index contributed by atoms with van der Waals surface area (Å²) in [7, 11) is 0. The second-order valence-corrected chi connectivity index (χ2v) is 4.44. The fraction of sp³-hybridized carbons (Fsp3) is 0.500. The van der Waals surface area contributed by atoms with Gasteiger partial charge in [0.15, 0.2) is 0 Å². The first-order valence-electron chi connectivity index (χ1n) is 6.40. The summed E-state index contributed by atoms with van der Waals surface area (Å²) in [5, 5.41) is 6.33.